The topological polar surface area (TPSA) is 116 Å². The number of likely N-dealkylation sites (tertiary alicyclic amines) is 2. The van der Waals surface area contributed by atoms with Gasteiger partial charge in [0.25, 0.3) is 5.92 Å². The molecule has 4 heterocycles. The summed E-state index contributed by atoms with van der Waals surface area (Å²) in [4.78, 5) is 45.2. The van der Waals surface area contributed by atoms with Crippen LogP contribution in [0.1, 0.15) is 102 Å². The Morgan fingerprint density at radius 1 is 0.736 bits per heavy atom. The standard InChI is InChI=1S/C41H44F2N6O4/c1-39(2,3)52-37(50)48-17-7-9-33(48)35-44-22-32(47-35)25-12-15-27-26-14-11-23(19-28(26)41(42,43)29(27)20-25)24-13-16-30-31(21-24)46-36(45-30)34-10-8-18-49(34)38(51)53-40(4,5)6/h11-16,19-22,33-34H,7-10,17-18H2,1-6H3,(H,44,47)(H,45,46)/t33-,34-/m0/s1. The largest absolute Gasteiger partial charge is 0.444 e. The minimum Gasteiger partial charge on any atom is -0.444 e. The van der Waals surface area contributed by atoms with E-state index in [1.165, 1.54) is 6.07 Å². The van der Waals surface area contributed by atoms with Crippen LogP contribution >= 0.6 is 0 Å². The minimum atomic E-state index is -3.22. The summed E-state index contributed by atoms with van der Waals surface area (Å²) in [5, 5.41) is 0. The molecule has 2 fully saturated rings. The molecule has 0 spiro atoms. The first-order chi connectivity index (χ1) is 25.1. The maximum atomic E-state index is 16.3. The molecule has 5 aromatic rings. The summed E-state index contributed by atoms with van der Waals surface area (Å²) in [5.74, 6) is -1.94. The van der Waals surface area contributed by atoms with Crippen molar-refractivity contribution in [3.8, 4) is 33.5 Å². The molecular weight excluding hydrogens is 678 g/mol. The zero-order chi connectivity index (χ0) is 37.4. The molecule has 0 radical (unpaired) electrons. The maximum absolute atomic E-state index is 16.3. The highest BCUT2D eigenvalue weighted by Crippen LogP contribution is 2.53. The first-order valence-electron chi connectivity index (χ1n) is 18.3. The van der Waals surface area contributed by atoms with Crippen LogP contribution in [0.3, 0.4) is 0 Å². The van der Waals surface area contributed by atoms with Gasteiger partial charge >= 0.3 is 12.2 Å². The van der Waals surface area contributed by atoms with E-state index < -0.39 is 23.2 Å². The number of rotatable bonds is 4. The lowest BCUT2D eigenvalue weighted by Crippen LogP contribution is -2.36. The second-order valence-electron chi connectivity index (χ2n) is 16.3. The number of hydrogen-bond donors (Lipinski definition) is 2. The van der Waals surface area contributed by atoms with Gasteiger partial charge in [-0.1, -0.05) is 30.3 Å². The average molecular weight is 723 g/mol. The summed E-state index contributed by atoms with van der Waals surface area (Å²) in [6.07, 6.45) is 4.04. The first kappa shape index (κ1) is 34.8. The van der Waals surface area contributed by atoms with E-state index in [2.05, 4.69) is 15.0 Å². The van der Waals surface area contributed by atoms with Crippen LogP contribution in [0, 0.1) is 0 Å². The zero-order valence-corrected chi connectivity index (χ0v) is 30.8. The SMILES string of the molecule is CC(C)(C)OC(=O)N1CCC[C@H]1c1ncc(-c2ccc3c(c2)C(F)(F)c2cc(-c4ccc5nc([C@@H]6CCCN6C(=O)OC(C)(C)C)[nH]c5c4)ccc2-3)[nH]1. The van der Waals surface area contributed by atoms with Crippen LogP contribution in [0.4, 0.5) is 18.4 Å². The van der Waals surface area contributed by atoms with Gasteiger partial charge in [0.1, 0.15) is 22.9 Å². The Morgan fingerprint density at radius 3 is 1.87 bits per heavy atom. The fraction of sp³-hybridized carbons (Fsp3) is 0.415. The smallest absolute Gasteiger partial charge is 0.410 e. The van der Waals surface area contributed by atoms with Crippen molar-refractivity contribution < 1.29 is 27.8 Å². The van der Waals surface area contributed by atoms with Gasteiger partial charge in [0.05, 0.1) is 35.0 Å². The molecule has 53 heavy (non-hydrogen) atoms. The number of aromatic nitrogens is 4. The number of imidazole rings is 2. The molecule has 2 aliphatic heterocycles. The van der Waals surface area contributed by atoms with Crippen LogP contribution in [-0.2, 0) is 15.4 Å². The van der Waals surface area contributed by atoms with E-state index in [9.17, 15) is 9.59 Å². The van der Waals surface area contributed by atoms with Crippen molar-refractivity contribution in [1.82, 2.24) is 29.7 Å². The second-order valence-corrected chi connectivity index (χ2v) is 16.3. The number of nitrogens with zero attached hydrogens (tertiary/aromatic N) is 4. The van der Waals surface area contributed by atoms with Gasteiger partial charge in [0.2, 0.25) is 0 Å². The van der Waals surface area contributed by atoms with E-state index in [0.717, 1.165) is 42.3 Å². The number of benzene rings is 3. The van der Waals surface area contributed by atoms with Crippen molar-refractivity contribution in [3.63, 3.8) is 0 Å². The summed E-state index contributed by atoms with van der Waals surface area (Å²) >= 11 is 0. The van der Waals surface area contributed by atoms with Gasteiger partial charge in [-0.05, 0) is 114 Å². The van der Waals surface area contributed by atoms with Gasteiger partial charge in [0, 0.05) is 29.8 Å². The predicted molar refractivity (Wildman–Crippen MR) is 197 cm³/mol. The third-order valence-corrected chi connectivity index (χ3v) is 10.1. The van der Waals surface area contributed by atoms with Crippen molar-refractivity contribution >= 4 is 23.2 Å². The Morgan fingerprint density at radius 2 is 1.26 bits per heavy atom. The van der Waals surface area contributed by atoms with Gasteiger partial charge in [0.15, 0.2) is 0 Å². The molecule has 2 N–H and O–H groups in total. The maximum Gasteiger partial charge on any atom is 0.410 e. The fourth-order valence-corrected chi connectivity index (χ4v) is 7.77. The number of nitrogens with one attached hydrogen (secondary N) is 2. The van der Waals surface area contributed by atoms with Crippen molar-refractivity contribution in [3.05, 3.63) is 83.6 Å². The molecule has 3 aromatic carbocycles. The highest BCUT2D eigenvalue weighted by Gasteiger charge is 2.45. The van der Waals surface area contributed by atoms with Crippen LogP contribution in [-0.4, -0.2) is 66.2 Å². The van der Waals surface area contributed by atoms with E-state index >= 15 is 8.78 Å². The highest BCUT2D eigenvalue weighted by molar-refractivity contribution is 5.87. The van der Waals surface area contributed by atoms with E-state index in [4.69, 9.17) is 14.5 Å². The summed E-state index contributed by atoms with van der Waals surface area (Å²) in [7, 11) is 0. The van der Waals surface area contributed by atoms with Gasteiger partial charge < -0.3 is 19.4 Å². The molecule has 2 saturated heterocycles. The molecule has 10 nitrogen and oxygen atoms in total. The van der Waals surface area contributed by atoms with Crippen LogP contribution in [0.25, 0.3) is 44.5 Å². The number of H-pyrrole nitrogens is 2. The van der Waals surface area contributed by atoms with E-state index in [-0.39, 0.29) is 29.3 Å². The molecule has 12 heteroatoms. The minimum absolute atomic E-state index is 0.0456. The zero-order valence-electron chi connectivity index (χ0n) is 30.8. The Bertz CT molecular complexity index is 2250. The van der Waals surface area contributed by atoms with Crippen molar-refractivity contribution in [2.45, 2.75) is 96.4 Å². The number of halogens is 2. The number of fused-ring (bicyclic) bond motifs is 4. The van der Waals surface area contributed by atoms with Crippen LogP contribution in [0.15, 0.2) is 60.8 Å². The lowest BCUT2D eigenvalue weighted by atomic mass is 9.98. The predicted octanol–water partition coefficient (Wildman–Crippen LogP) is 9.88. The van der Waals surface area contributed by atoms with Gasteiger partial charge in [-0.3, -0.25) is 9.80 Å². The van der Waals surface area contributed by atoms with Crippen LogP contribution in [0.5, 0.6) is 0 Å². The van der Waals surface area contributed by atoms with E-state index in [0.29, 0.717) is 52.7 Å². The first-order valence-corrected chi connectivity index (χ1v) is 18.3. The average Bonchev–Trinajstić information content (AvgIpc) is 3.92. The lowest BCUT2D eigenvalue weighted by molar-refractivity contribution is 0.0208. The van der Waals surface area contributed by atoms with Crippen molar-refractivity contribution in [2.75, 3.05) is 13.1 Å². The van der Waals surface area contributed by atoms with Crippen LogP contribution < -0.4 is 0 Å². The molecule has 2 atom stereocenters. The van der Waals surface area contributed by atoms with Crippen LogP contribution in [0.2, 0.25) is 0 Å². The third kappa shape index (κ3) is 6.42. The molecular formula is C41H44F2N6O4. The van der Waals surface area contributed by atoms with Crippen molar-refractivity contribution in [2.24, 2.45) is 0 Å². The molecule has 2 amide bonds. The van der Waals surface area contributed by atoms with E-state index in [1.54, 1.807) is 34.2 Å². The third-order valence-electron chi connectivity index (χ3n) is 10.1. The molecule has 8 rings (SSSR count). The number of hydrogen-bond acceptors (Lipinski definition) is 6. The molecule has 0 bridgehead atoms. The second kappa shape index (κ2) is 12.4. The number of ether oxygens (including phenoxy) is 2. The number of carbonyl (C=O) groups is 2. The number of amides is 2. The quantitative estimate of drug-likeness (QED) is 0.191. The van der Waals surface area contributed by atoms with Gasteiger partial charge in [-0.25, -0.2) is 19.6 Å². The fourth-order valence-electron chi connectivity index (χ4n) is 7.77. The molecule has 2 aromatic heterocycles. The van der Waals surface area contributed by atoms with Gasteiger partial charge in [-0.2, -0.15) is 8.78 Å². The van der Waals surface area contributed by atoms with Gasteiger partial charge in [-0.15, -0.1) is 0 Å². The Hall–Kier alpha value is -5.26. The highest BCUT2D eigenvalue weighted by atomic mass is 19.3. The number of alkyl halides is 2. The summed E-state index contributed by atoms with van der Waals surface area (Å²) in [6, 6.07) is 15.5. The Labute approximate surface area is 306 Å². The molecule has 0 saturated carbocycles. The normalized spacial score (nSPS) is 19.5. The summed E-state index contributed by atoms with van der Waals surface area (Å²) in [5.41, 5.74) is 3.79. The van der Waals surface area contributed by atoms with Crippen molar-refractivity contribution in [1.29, 1.82) is 0 Å². The number of aromatic amines is 2. The molecule has 1 aliphatic carbocycles. The lowest BCUT2D eigenvalue weighted by Gasteiger charge is -2.27. The van der Waals surface area contributed by atoms with E-state index in [1.807, 2.05) is 71.9 Å². The number of carbonyl (C=O) groups excluding carboxylic acids is 2. The Kier molecular flexibility index (Phi) is 8.15. The summed E-state index contributed by atoms with van der Waals surface area (Å²) in [6.45, 7) is 12.2. The summed E-state index contributed by atoms with van der Waals surface area (Å²) < 4.78 is 43.9. The monoisotopic (exact) mass is 722 g/mol. The Balaban J connectivity index is 1.04. The molecule has 3 aliphatic rings. The molecule has 0 unspecified atom stereocenters. The molecule has 276 valence electrons.